The molecule has 0 saturated carbocycles. The topological polar surface area (TPSA) is 99.4 Å². The lowest BCUT2D eigenvalue weighted by molar-refractivity contribution is -0.255. The van der Waals surface area contributed by atoms with E-state index in [9.17, 15) is 14.7 Å². The van der Waals surface area contributed by atoms with Crippen molar-refractivity contribution in [1.29, 1.82) is 0 Å². The first-order chi connectivity index (χ1) is 13.1. The molecule has 1 N–H and O–H groups in total. The second kappa shape index (κ2) is 8.50. The molecule has 138 valence electrons. The fourth-order valence-electron chi connectivity index (χ4n) is 2.52. The molecule has 0 aliphatic carbocycles. The summed E-state index contributed by atoms with van der Waals surface area (Å²) in [5.74, 6) is -1.30. The Hall–Kier alpha value is -3.13. The predicted octanol–water partition coefficient (Wildman–Crippen LogP) is 1.66. The van der Waals surface area contributed by atoms with E-state index in [-0.39, 0.29) is 17.2 Å². The number of hydrogen-bond donors (Lipinski definition) is 1. The molecular weight excluding hydrogens is 364 g/mol. The minimum atomic E-state index is -1.23. The van der Waals surface area contributed by atoms with Crippen LogP contribution < -0.4 is 10.5 Å². The summed E-state index contributed by atoms with van der Waals surface area (Å²) in [7, 11) is 0. The number of carbonyl (C=O) groups is 2. The van der Waals surface area contributed by atoms with Gasteiger partial charge in [0.25, 0.3) is 5.91 Å². The quantitative estimate of drug-likeness (QED) is 0.381. The van der Waals surface area contributed by atoms with Gasteiger partial charge >= 0.3 is 0 Å². The zero-order valence-corrected chi connectivity index (χ0v) is 15.4. The van der Waals surface area contributed by atoms with Crippen LogP contribution in [0.1, 0.15) is 22.8 Å². The fraction of sp³-hybridized carbons (Fsp3) is 0.158. The average molecular weight is 381 g/mol. The summed E-state index contributed by atoms with van der Waals surface area (Å²) in [5.41, 5.74) is 5.16. The molecule has 0 spiro atoms. The fourth-order valence-corrected chi connectivity index (χ4v) is 3.39. The van der Waals surface area contributed by atoms with E-state index in [1.54, 1.807) is 12.1 Å². The molecule has 0 radical (unpaired) electrons. The number of hydrogen-bond acceptors (Lipinski definition) is 6. The van der Waals surface area contributed by atoms with E-state index in [1.165, 1.54) is 30.1 Å². The molecule has 0 bridgehead atoms. The highest BCUT2D eigenvalue weighted by atomic mass is 32.2. The number of aromatic carboxylic acids is 1. The van der Waals surface area contributed by atoms with E-state index in [0.717, 1.165) is 22.7 Å². The van der Waals surface area contributed by atoms with Crippen LogP contribution in [0.25, 0.3) is 11.0 Å². The molecule has 1 aromatic heterocycles. The maximum absolute atomic E-state index is 12.0. The summed E-state index contributed by atoms with van der Waals surface area (Å²) < 4.78 is 2.06. The molecule has 0 atom stereocenters. The Labute approximate surface area is 160 Å². The Morgan fingerprint density at radius 2 is 1.96 bits per heavy atom. The Morgan fingerprint density at radius 3 is 2.67 bits per heavy atom. The van der Waals surface area contributed by atoms with Gasteiger partial charge in [0.1, 0.15) is 0 Å². The van der Waals surface area contributed by atoms with Gasteiger partial charge in [0.15, 0.2) is 5.16 Å². The van der Waals surface area contributed by atoms with Gasteiger partial charge in [0.05, 0.1) is 29.0 Å². The van der Waals surface area contributed by atoms with Crippen LogP contribution in [0.4, 0.5) is 0 Å². The number of amides is 1. The first-order valence-corrected chi connectivity index (χ1v) is 9.28. The number of carboxylic acid groups (broad SMARTS) is 1. The number of imidazole rings is 1. The van der Waals surface area contributed by atoms with Crippen molar-refractivity contribution in [3.63, 3.8) is 0 Å². The first-order valence-electron chi connectivity index (χ1n) is 8.30. The molecule has 2 aromatic carbocycles. The number of aromatic nitrogens is 2. The van der Waals surface area contributed by atoms with Gasteiger partial charge in [-0.3, -0.25) is 4.79 Å². The van der Waals surface area contributed by atoms with E-state index in [0.29, 0.717) is 5.56 Å². The Bertz CT molecular complexity index is 996. The number of benzene rings is 2. The number of fused-ring (bicyclic) bond motifs is 1. The standard InChI is InChI=1S/C19H18N4O3S/c1-2-23-16-6-4-3-5-15(16)21-19(23)27-12-17(24)22-20-11-13-7-9-14(10-8-13)18(25)26/h3-11H,2,12H2,1H3,(H,22,24)(H,25,26)/p-1. The van der Waals surface area contributed by atoms with Gasteiger partial charge in [-0.05, 0) is 30.2 Å². The number of nitrogens with one attached hydrogen (secondary N) is 1. The van der Waals surface area contributed by atoms with Crippen LogP contribution in [0.5, 0.6) is 0 Å². The van der Waals surface area contributed by atoms with E-state index >= 15 is 0 Å². The maximum Gasteiger partial charge on any atom is 0.250 e. The van der Waals surface area contributed by atoms with Crippen LogP contribution in [0, 0.1) is 0 Å². The molecule has 1 heterocycles. The van der Waals surface area contributed by atoms with Crippen LogP contribution in [-0.2, 0) is 11.3 Å². The van der Waals surface area contributed by atoms with Gasteiger partial charge < -0.3 is 14.5 Å². The van der Waals surface area contributed by atoms with Crippen molar-refractivity contribution in [2.24, 2.45) is 5.10 Å². The van der Waals surface area contributed by atoms with Gasteiger partial charge in [0.2, 0.25) is 0 Å². The third-order valence-electron chi connectivity index (χ3n) is 3.82. The Balaban J connectivity index is 1.56. The lowest BCUT2D eigenvalue weighted by atomic mass is 10.1. The molecule has 27 heavy (non-hydrogen) atoms. The van der Waals surface area contributed by atoms with Crippen molar-refractivity contribution < 1.29 is 14.7 Å². The highest BCUT2D eigenvalue weighted by Gasteiger charge is 2.11. The summed E-state index contributed by atoms with van der Waals surface area (Å²) in [6.45, 7) is 2.80. The molecule has 0 aliphatic heterocycles. The number of carbonyl (C=O) groups excluding carboxylic acids is 2. The van der Waals surface area contributed by atoms with E-state index in [1.807, 2.05) is 31.2 Å². The number of hydrazone groups is 1. The number of para-hydroxylation sites is 2. The molecular formula is C19H17N4O3S-. The minimum absolute atomic E-state index is 0.0893. The zero-order chi connectivity index (χ0) is 19.2. The molecule has 8 heteroatoms. The van der Waals surface area contributed by atoms with Gasteiger partial charge in [-0.25, -0.2) is 10.4 Å². The van der Waals surface area contributed by atoms with Gasteiger partial charge in [-0.15, -0.1) is 0 Å². The lowest BCUT2D eigenvalue weighted by Crippen LogP contribution is -2.22. The molecule has 3 aromatic rings. The van der Waals surface area contributed by atoms with Crippen LogP contribution in [0.2, 0.25) is 0 Å². The van der Waals surface area contributed by atoms with Crippen molar-refractivity contribution in [2.45, 2.75) is 18.6 Å². The highest BCUT2D eigenvalue weighted by molar-refractivity contribution is 7.99. The van der Waals surface area contributed by atoms with Crippen molar-refractivity contribution in [3.05, 3.63) is 59.7 Å². The van der Waals surface area contributed by atoms with E-state index < -0.39 is 5.97 Å². The lowest BCUT2D eigenvalue weighted by Gasteiger charge is -2.05. The van der Waals surface area contributed by atoms with E-state index in [4.69, 9.17) is 0 Å². The van der Waals surface area contributed by atoms with Crippen molar-refractivity contribution in [1.82, 2.24) is 15.0 Å². The average Bonchev–Trinajstić information content (AvgIpc) is 3.04. The predicted molar refractivity (Wildman–Crippen MR) is 103 cm³/mol. The minimum Gasteiger partial charge on any atom is -0.545 e. The number of rotatable bonds is 7. The molecule has 3 rings (SSSR count). The second-order valence-corrected chi connectivity index (χ2v) is 6.56. The zero-order valence-electron chi connectivity index (χ0n) is 14.6. The van der Waals surface area contributed by atoms with Crippen molar-refractivity contribution in [3.8, 4) is 0 Å². The third kappa shape index (κ3) is 4.53. The monoisotopic (exact) mass is 381 g/mol. The largest absolute Gasteiger partial charge is 0.545 e. The number of nitrogens with zero attached hydrogens (tertiary/aromatic N) is 3. The number of carboxylic acids is 1. The Morgan fingerprint density at radius 1 is 1.22 bits per heavy atom. The normalized spacial score (nSPS) is 11.1. The van der Waals surface area contributed by atoms with Gasteiger partial charge in [-0.1, -0.05) is 48.2 Å². The molecule has 0 fully saturated rings. The van der Waals surface area contributed by atoms with Gasteiger partial charge in [-0.2, -0.15) is 5.10 Å². The molecule has 0 aliphatic rings. The molecule has 0 unspecified atom stereocenters. The summed E-state index contributed by atoms with van der Waals surface area (Å²) in [6, 6.07) is 13.9. The van der Waals surface area contributed by atoms with Crippen molar-refractivity contribution in [2.75, 3.05) is 5.75 Å². The number of thioether (sulfide) groups is 1. The smallest absolute Gasteiger partial charge is 0.250 e. The maximum atomic E-state index is 12.0. The number of aryl methyl sites for hydroxylation is 1. The molecule has 0 saturated heterocycles. The van der Waals surface area contributed by atoms with Crippen LogP contribution in [-0.4, -0.2) is 33.4 Å². The highest BCUT2D eigenvalue weighted by Crippen LogP contribution is 2.23. The van der Waals surface area contributed by atoms with Crippen LogP contribution in [0.15, 0.2) is 58.8 Å². The molecule has 1 amide bonds. The summed E-state index contributed by atoms with van der Waals surface area (Å²) in [6.07, 6.45) is 1.45. The van der Waals surface area contributed by atoms with Crippen molar-refractivity contribution >= 4 is 40.9 Å². The summed E-state index contributed by atoms with van der Waals surface area (Å²) in [4.78, 5) is 27.3. The van der Waals surface area contributed by atoms with Crippen LogP contribution >= 0.6 is 11.8 Å². The summed E-state index contributed by atoms with van der Waals surface area (Å²) in [5, 5.41) is 15.4. The van der Waals surface area contributed by atoms with Gasteiger partial charge in [0, 0.05) is 6.54 Å². The second-order valence-electron chi connectivity index (χ2n) is 5.62. The summed E-state index contributed by atoms with van der Waals surface area (Å²) >= 11 is 1.35. The van der Waals surface area contributed by atoms with E-state index in [2.05, 4.69) is 20.1 Å². The SMILES string of the molecule is CCn1c(SCC(=O)NN=Cc2ccc(C(=O)[O-])cc2)nc2ccccc21. The van der Waals surface area contributed by atoms with Crippen LogP contribution in [0.3, 0.4) is 0 Å². The third-order valence-corrected chi connectivity index (χ3v) is 4.79. The molecule has 7 nitrogen and oxygen atoms in total. The Kier molecular flexibility index (Phi) is 5.87. The first kappa shape index (κ1) is 18.7.